The van der Waals surface area contributed by atoms with E-state index in [0.717, 1.165) is 26.0 Å². The largest absolute Gasteiger partial charge is 0.458 e. The Balaban J connectivity index is 1.87. The molecule has 0 radical (unpaired) electrons. The highest BCUT2D eigenvalue weighted by Gasteiger charge is 2.68. The Labute approximate surface area is 165 Å². The van der Waals surface area contributed by atoms with Gasteiger partial charge in [0.1, 0.15) is 5.75 Å². The first-order valence-corrected chi connectivity index (χ1v) is 9.59. The first kappa shape index (κ1) is 15.9. The van der Waals surface area contributed by atoms with Gasteiger partial charge in [-0.15, -0.1) is 0 Å². The zero-order valence-corrected chi connectivity index (χ0v) is 16.3. The third kappa shape index (κ3) is 1.96. The van der Waals surface area contributed by atoms with Crippen LogP contribution in [0.1, 0.15) is 23.6 Å². The van der Waals surface area contributed by atoms with Crippen LogP contribution in [-0.4, -0.2) is 5.90 Å². The van der Waals surface area contributed by atoms with E-state index >= 15 is 0 Å². The second-order valence-corrected chi connectivity index (χ2v) is 7.78. The quantitative estimate of drug-likeness (QED) is 0.498. The van der Waals surface area contributed by atoms with Gasteiger partial charge in [0.25, 0.3) is 5.72 Å². The third-order valence-corrected chi connectivity index (χ3v) is 5.69. The normalized spacial score (nSPS) is 25.7. The maximum Gasteiger partial charge on any atom is 0.277 e. The van der Waals surface area contributed by atoms with Gasteiger partial charge in [-0.2, -0.15) is 0 Å². The van der Waals surface area contributed by atoms with Crippen molar-refractivity contribution >= 4 is 28.5 Å². The van der Waals surface area contributed by atoms with Crippen LogP contribution >= 0.6 is 22.6 Å². The minimum atomic E-state index is -0.966. The standard InChI is InChI=1S/C22H16INO2/c1-15-24-22(17-10-6-3-7-11-17)21(25-15,16-8-4-2-5-9-16)19-13-12-18(23)14-20(19)26-22/h2-14H,1H3/t21-,22+/m0/s1. The van der Waals surface area contributed by atoms with Crippen LogP contribution in [0.25, 0.3) is 0 Å². The second kappa shape index (κ2) is 5.58. The van der Waals surface area contributed by atoms with Gasteiger partial charge in [-0.3, -0.25) is 0 Å². The molecule has 0 fully saturated rings. The highest BCUT2D eigenvalue weighted by atomic mass is 127. The van der Waals surface area contributed by atoms with Crippen molar-refractivity contribution in [3.8, 4) is 5.75 Å². The van der Waals surface area contributed by atoms with Gasteiger partial charge in [0.15, 0.2) is 5.90 Å². The molecule has 3 aromatic rings. The van der Waals surface area contributed by atoms with Crippen molar-refractivity contribution in [3.05, 3.63) is 99.1 Å². The Kier molecular flexibility index (Phi) is 3.41. The number of hydrogen-bond acceptors (Lipinski definition) is 3. The average molecular weight is 453 g/mol. The highest BCUT2D eigenvalue weighted by molar-refractivity contribution is 14.1. The Bertz CT molecular complexity index is 1020. The molecule has 0 aliphatic carbocycles. The number of fused-ring (bicyclic) bond motifs is 3. The lowest BCUT2D eigenvalue weighted by molar-refractivity contribution is -0.0489. The monoisotopic (exact) mass is 453 g/mol. The number of nitrogens with zero attached hydrogens (tertiary/aromatic N) is 1. The summed E-state index contributed by atoms with van der Waals surface area (Å²) >= 11 is 2.30. The van der Waals surface area contributed by atoms with Crippen LogP contribution in [0.15, 0.2) is 83.9 Å². The van der Waals surface area contributed by atoms with Gasteiger partial charge in [0.2, 0.25) is 5.60 Å². The van der Waals surface area contributed by atoms with Crippen molar-refractivity contribution < 1.29 is 9.47 Å². The molecule has 0 saturated carbocycles. The van der Waals surface area contributed by atoms with Gasteiger partial charge in [-0.05, 0) is 40.8 Å². The molecule has 3 aromatic carbocycles. The molecule has 0 N–H and O–H groups in total. The fourth-order valence-electron chi connectivity index (χ4n) is 4.05. The van der Waals surface area contributed by atoms with Crippen molar-refractivity contribution in [1.29, 1.82) is 0 Å². The minimum absolute atomic E-state index is 0.627. The number of halogens is 1. The molecule has 0 bridgehead atoms. The highest BCUT2D eigenvalue weighted by Crippen LogP contribution is 2.61. The Morgan fingerprint density at radius 2 is 1.46 bits per heavy atom. The number of ether oxygens (including phenoxy) is 2. The zero-order chi connectivity index (χ0) is 17.8. The van der Waals surface area contributed by atoms with Crippen molar-refractivity contribution in [3.63, 3.8) is 0 Å². The van der Waals surface area contributed by atoms with Crippen molar-refractivity contribution in [2.75, 3.05) is 0 Å². The summed E-state index contributed by atoms with van der Waals surface area (Å²) in [6, 6.07) is 26.6. The first-order chi connectivity index (χ1) is 12.7. The molecule has 0 spiro atoms. The molecule has 128 valence electrons. The van der Waals surface area contributed by atoms with Gasteiger partial charge < -0.3 is 9.47 Å². The van der Waals surface area contributed by atoms with Crippen molar-refractivity contribution in [2.45, 2.75) is 18.2 Å². The summed E-state index contributed by atoms with van der Waals surface area (Å²) in [5, 5.41) is 0. The summed E-state index contributed by atoms with van der Waals surface area (Å²) in [5.74, 6) is 1.45. The Hall–Kier alpha value is -2.34. The van der Waals surface area contributed by atoms with E-state index in [2.05, 4.69) is 65.1 Å². The topological polar surface area (TPSA) is 30.8 Å². The van der Waals surface area contributed by atoms with Gasteiger partial charge in [-0.25, -0.2) is 4.99 Å². The average Bonchev–Trinajstić information content (AvgIpc) is 3.10. The van der Waals surface area contributed by atoms with E-state index in [-0.39, 0.29) is 0 Å². The molecule has 5 rings (SSSR count). The summed E-state index contributed by atoms with van der Waals surface area (Å²) in [7, 11) is 0. The lowest BCUT2D eigenvalue weighted by atomic mass is 9.76. The lowest BCUT2D eigenvalue weighted by Crippen LogP contribution is -2.46. The smallest absolute Gasteiger partial charge is 0.277 e. The van der Waals surface area contributed by atoms with Gasteiger partial charge in [0.05, 0.1) is 0 Å². The maximum atomic E-state index is 6.60. The molecule has 0 amide bonds. The SMILES string of the molecule is CC1=N[C@]2(c3ccccc3)Oc3cc(I)ccc3[C@]2(c2ccccc2)O1. The number of rotatable bonds is 2. The molecule has 26 heavy (non-hydrogen) atoms. The van der Waals surface area contributed by atoms with Crippen LogP contribution in [0.3, 0.4) is 0 Å². The number of aliphatic imine (C=N–C) groups is 1. The number of benzene rings is 3. The zero-order valence-electron chi connectivity index (χ0n) is 14.1. The molecule has 3 nitrogen and oxygen atoms in total. The molecule has 2 aliphatic rings. The first-order valence-electron chi connectivity index (χ1n) is 8.51. The maximum absolute atomic E-state index is 6.60. The van der Waals surface area contributed by atoms with E-state index in [9.17, 15) is 0 Å². The fourth-order valence-corrected chi connectivity index (χ4v) is 4.51. The van der Waals surface area contributed by atoms with Crippen LogP contribution in [0, 0.1) is 3.57 Å². The Morgan fingerprint density at radius 1 is 0.808 bits per heavy atom. The third-order valence-electron chi connectivity index (χ3n) is 5.02. The van der Waals surface area contributed by atoms with E-state index in [0.29, 0.717) is 5.90 Å². The summed E-state index contributed by atoms with van der Waals surface area (Å²) in [5.41, 5.74) is 1.22. The molecule has 4 heteroatoms. The summed E-state index contributed by atoms with van der Waals surface area (Å²) in [6.07, 6.45) is 0. The van der Waals surface area contributed by atoms with Gasteiger partial charge in [-0.1, -0.05) is 60.7 Å². The fraction of sp³-hybridized carbons (Fsp3) is 0.136. The van der Waals surface area contributed by atoms with Crippen LogP contribution in [0.2, 0.25) is 0 Å². The predicted octanol–water partition coefficient (Wildman–Crippen LogP) is 5.23. The van der Waals surface area contributed by atoms with Crippen LogP contribution in [0.4, 0.5) is 0 Å². The number of hydrogen-bond donors (Lipinski definition) is 0. The summed E-state index contributed by atoms with van der Waals surface area (Å²) < 4.78 is 14.2. The minimum Gasteiger partial charge on any atom is -0.458 e. The van der Waals surface area contributed by atoms with E-state index in [1.807, 2.05) is 43.3 Å². The van der Waals surface area contributed by atoms with E-state index < -0.39 is 11.3 Å². The van der Waals surface area contributed by atoms with E-state index in [1.165, 1.54) is 0 Å². The van der Waals surface area contributed by atoms with Crippen LogP contribution < -0.4 is 4.74 Å². The Morgan fingerprint density at radius 3 is 2.15 bits per heavy atom. The van der Waals surface area contributed by atoms with Crippen molar-refractivity contribution in [2.24, 2.45) is 4.99 Å². The molecule has 2 aliphatic heterocycles. The summed E-state index contributed by atoms with van der Waals surface area (Å²) in [6.45, 7) is 1.89. The predicted molar refractivity (Wildman–Crippen MR) is 109 cm³/mol. The lowest BCUT2D eigenvalue weighted by Gasteiger charge is -2.36. The molecule has 2 heterocycles. The molecular formula is C22H16INO2. The molecule has 0 aromatic heterocycles. The van der Waals surface area contributed by atoms with Crippen LogP contribution in [0.5, 0.6) is 5.75 Å². The second-order valence-electron chi connectivity index (χ2n) is 6.53. The van der Waals surface area contributed by atoms with Crippen LogP contribution in [-0.2, 0) is 16.1 Å². The van der Waals surface area contributed by atoms with E-state index in [1.54, 1.807) is 0 Å². The molecule has 0 saturated heterocycles. The molecule has 2 atom stereocenters. The van der Waals surface area contributed by atoms with Crippen molar-refractivity contribution in [1.82, 2.24) is 0 Å². The molecular weight excluding hydrogens is 437 g/mol. The van der Waals surface area contributed by atoms with E-state index in [4.69, 9.17) is 14.5 Å². The van der Waals surface area contributed by atoms with Gasteiger partial charge in [0, 0.05) is 27.2 Å². The van der Waals surface area contributed by atoms with Gasteiger partial charge >= 0.3 is 0 Å². The summed E-state index contributed by atoms with van der Waals surface area (Å²) in [4.78, 5) is 4.91. The molecule has 0 unspecified atom stereocenters.